The van der Waals surface area contributed by atoms with E-state index < -0.39 is 8.09 Å². The first kappa shape index (κ1) is 9.75. The molecule has 0 aliphatic carbocycles. The Balaban J connectivity index is 0. The van der Waals surface area contributed by atoms with Crippen LogP contribution in [0.1, 0.15) is 0 Å². The van der Waals surface area contributed by atoms with Crippen molar-refractivity contribution in [1.82, 2.24) is 0 Å². The van der Waals surface area contributed by atoms with Crippen molar-refractivity contribution in [3.05, 3.63) is 0 Å². The minimum absolute atomic E-state index is 0. The maximum Gasteiger partial charge on any atom is 0.491 e. The van der Waals surface area contributed by atoms with Crippen molar-refractivity contribution in [2.24, 2.45) is 5.50 Å². The molecule has 0 aromatic rings. The molecule has 5 N–H and O–H groups in total. The molecule has 0 spiro atoms. The number of nitrogens with two attached hydrogens (primary N) is 1. The first-order valence-corrected chi connectivity index (χ1v) is 2.57. The van der Waals surface area contributed by atoms with Gasteiger partial charge in [-0.2, -0.15) is 14.7 Å². The summed E-state index contributed by atoms with van der Waals surface area (Å²) in [6.07, 6.45) is 0. The highest BCUT2D eigenvalue weighted by molar-refractivity contribution is 7.55. The van der Waals surface area contributed by atoms with Gasteiger partial charge in [0.2, 0.25) is 0 Å². The van der Waals surface area contributed by atoms with Gasteiger partial charge in [-0.05, 0) is 0 Å². The van der Waals surface area contributed by atoms with E-state index in [4.69, 9.17) is 14.7 Å². The largest absolute Gasteiger partial charge is 0.491 e. The quantitative estimate of drug-likeness (QED) is 0.321. The molecule has 0 aliphatic rings. The van der Waals surface area contributed by atoms with Crippen molar-refractivity contribution >= 4 is 20.5 Å². The predicted molar refractivity (Wildman–Crippen MR) is 25.0 cm³/mol. The molecule has 0 aromatic heterocycles. The molecule has 40 valence electrons. The van der Waals surface area contributed by atoms with E-state index in [9.17, 15) is 0 Å². The van der Waals surface area contributed by atoms with Gasteiger partial charge in [-0.15, -0.1) is 17.9 Å². The summed E-state index contributed by atoms with van der Waals surface area (Å²) in [4.78, 5) is 22.6. The van der Waals surface area contributed by atoms with Gasteiger partial charge in [0.25, 0.3) is 0 Å². The van der Waals surface area contributed by atoms with Gasteiger partial charge in [-0.3, -0.25) is 0 Å². The highest BCUT2D eigenvalue weighted by Crippen LogP contribution is 2.31. The minimum Gasteiger partial charge on any atom is -0.178 e. The van der Waals surface area contributed by atoms with Crippen LogP contribution in [0.4, 0.5) is 0 Å². The minimum atomic E-state index is -3.89. The van der Waals surface area contributed by atoms with E-state index in [0.29, 0.717) is 0 Å². The van der Waals surface area contributed by atoms with Crippen LogP contribution < -0.4 is 5.50 Å². The monoisotopic (exact) mass is 134 g/mol. The highest BCUT2D eigenvalue weighted by Gasteiger charge is 2.19. The van der Waals surface area contributed by atoms with Crippen LogP contribution in [-0.2, 0) is 0 Å². The van der Waals surface area contributed by atoms with Crippen molar-refractivity contribution in [3.8, 4) is 0 Å². The fourth-order valence-corrected chi connectivity index (χ4v) is 0. The summed E-state index contributed by atoms with van der Waals surface area (Å²) in [5, 5.41) is 0. The maximum absolute atomic E-state index is 7.52. The summed E-state index contributed by atoms with van der Waals surface area (Å²) in [6, 6.07) is 0. The van der Waals surface area contributed by atoms with Gasteiger partial charge in [0, 0.05) is 0 Å². The van der Waals surface area contributed by atoms with E-state index in [-0.39, 0.29) is 12.4 Å². The Labute approximate surface area is 41.7 Å². The van der Waals surface area contributed by atoms with Gasteiger partial charge < -0.3 is 0 Å². The van der Waals surface area contributed by atoms with Crippen molar-refractivity contribution < 1.29 is 14.7 Å². The van der Waals surface area contributed by atoms with Crippen LogP contribution in [0.15, 0.2) is 0 Å². The van der Waals surface area contributed by atoms with Crippen LogP contribution in [0, 0.1) is 0 Å². The average Bonchev–Trinajstić information content (AvgIpc) is 0.722. The summed E-state index contributed by atoms with van der Waals surface area (Å²) >= 11 is 0. The SMILES string of the molecule is Cl.N[P+](O)(O)O. The number of rotatable bonds is 0. The molecule has 0 rings (SSSR count). The van der Waals surface area contributed by atoms with Crippen molar-refractivity contribution in [1.29, 1.82) is 0 Å². The molecule has 0 fully saturated rings. The van der Waals surface area contributed by atoms with Crippen LogP contribution in [0.3, 0.4) is 0 Å². The molecular weight excluding hydrogens is 128 g/mol. The molecule has 6 heavy (non-hydrogen) atoms. The number of halogens is 1. The topological polar surface area (TPSA) is 86.7 Å². The molecule has 0 radical (unpaired) electrons. The molecule has 4 nitrogen and oxygen atoms in total. The van der Waals surface area contributed by atoms with E-state index >= 15 is 0 Å². The van der Waals surface area contributed by atoms with Gasteiger partial charge in [0.05, 0.1) is 0 Å². The van der Waals surface area contributed by atoms with E-state index in [0.717, 1.165) is 0 Å². The van der Waals surface area contributed by atoms with E-state index in [2.05, 4.69) is 5.50 Å². The Hall–Kier alpha value is 0.560. The smallest absolute Gasteiger partial charge is 0.178 e. The van der Waals surface area contributed by atoms with Crippen molar-refractivity contribution in [2.45, 2.75) is 0 Å². The summed E-state index contributed by atoms with van der Waals surface area (Å²) < 4.78 is 0. The molecule has 0 aliphatic heterocycles. The molecule has 0 amide bonds. The van der Waals surface area contributed by atoms with Crippen LogP contribution in [-0.4, -0.2) is 14.7 Å². The molecule has 0 bridgehead atoms. The van der Waals surface area contributed by atoms with Crippen LogP contribution >= 0.6 is 20.5 Å². The fourth-order valence-electron chi connectivity index (χ4n) is 0. The van der Waals surface area contributed by atoms with E-state index in [1.54, 1.807) is 0 Å². The zero-order valence-electron chi connectivity index (χ0n) is 2.77. The molecule has 0 unspecified atom stereocenters. The Morgan fingerprint density at radius 1 is 1.17 bits per heavy atom. The molecule has 0 aromatic carbocycles. The third-order valence-corrected chi connectivity index (χ3v) is 0. The standard InChI is InChI=1S/ClH.H5NO3P/c;1-5(2,3)4/h1H;2-4H,1H2/q;+1. The molecule has 0 heterocycles. The van der Waals surface area contributed by atoms with Crippen LogP contribution in [0.25, 0.3) is 0 Å². The second-order valence-electron chi connectivity index (χ2n) is 0.615. The van der Waals surface area contributed by atoms with Gasteiger partial charge in [-0.25, -0.2) is 0 Å². The Kier molecular flexibility index (Phi) is 4.37. The van der Waals surface area contributed by atoms with Crippen molar-refractivity contribution in [3.63, 3.8) is 0 Å². The molecule has 6 heteroatoms. The summed E-state index contributed by atoms with van der Waals surface area (Å²) in [5.41, 5.74) is 4.13. The van der Waals surface area contributed by atoms with E-state index in [1.165, 1.54) is 0 Å². The van der Waals surface area contributed by atoms with Gasteiger partial charge >= 0.3 is 8.09 Å². The molecule has 0 saturated heterocycles. The summed E-state index contributed by atoms with van der Waals surface area (Å²) in [6.45, 7) is 0. The van der Waals surface area contributed by atoms with Crippen LogP contribution in [0.5, 0.6) is 0 Å². The normalized spacial score (nSPS) is 10.0. The highest BCUT2D eigenvalue weighted by atomic mass is 35.5. The second-order valence-corrected chi connectivity index (χ2v) is 1.84. The number of hydrogen-bond donors (Lipinski definition) is 4. The lowest BCUT2D eigenvalue weighted by molar-refractivity contribution is 0.332. The lowest BCUT2D eigenvalue weighted by Crippen LogP contribution is -1.97. The number of hydrogen-bond acceptors (Lipinski definition) is 4. The average molecular weight is 134 g/mol. The Bertz CT molecular complexity index is 26.3. The summed E-state index contributed by atoms with van der Waals surface area (Å²) in [7, 11) is -3.89. The Morgan fingerprint density at radius 2 is 1.17 bits per heavy atom. The van der Waals surface area contributed by atoms with Gasteiger partial charge in [-0.1, -0.05) is 0 Å². The molecule has 0 atom stereocenters. The third-order valence-electron chi connectivity index (χ3n) is 0. The lowest BCUT2D eigenvalue weighted by Gasteiger charge is -1.86. The van der Waals surface area contributed by atoms with Crippen molar-refractivity contribution in [2.75, 3.05) is 0 Å². The van der Waals surface area contributed by atoms with Crippen LogP contribution in [0.2, 0.25) is 0 Å². The molecular formula is H6ClNO3P+. The Morgan fingerprint density at radius 3 is 1.17 bits per heavy atom. The predicted octanol–water partition coefficient (Wildman–Crippen LogP) is -0.979. The van der Waals surface area contributed by atoms with Gasteiger partial charge in [0.15, 0.2) is 0 Å². The fraction of sp³-hybridized carbons (Fsp3) is 0. The first-order chi connectivity index (χ1) is 2.00. The third kappa shape index (κ3) is 184. The maximum atomic E-state index is 7.52. The first-order valence-electron chi connectivity index (χ1n) is 0.858. The van der Waals surface area contributed by atoms with Gasteiger partial charge in [0.1, 0.15) is 0 Å². The lowest BCUT2D eigenvalue weighted by atomic mass is 13.9. The van der Waals surface area contributed by atoms with E-state index in [1.807, 2.05) is 0 Å². The second kappa shape index (κ2) is 2.69. The molecule has 0 saturated carbocycles. The zero-order chi connectivity index (χ0) is 4.50. The summed E-state index contributed by atoms with van der Waals surface area (Å²) in [5.74, 6) is 0. The zero-order valence-corrected chi connectivity index (χ0v) is 4.49.